The Labute approximate surface area is 111 Å². The molecule has 2 N–H and O–H groups in total. The lowest BCUT2D eigenvalue weighted by Crippen LogP contribution is -2.33. The number of hydrogen-bond donors (Lipinski definition) is 2. The van der Waals surface area contributed by atoms with Crippen molar-refractivity contribution in [2.45, 2.75) is 51.2 Å². The number of methoxy groups -OCH3 is 1. The molecule has 0 saturated heterocycles. The van der Waals surface area contributed by atoms with Crippen molar-refractivity contribution >= 4 is 0 Å². The fourth-order valence-electron chi connectivity index (χ4n) is 2.31. The van der Waals surface area contributed by atoms with Gasteiger partial charge in [0.05, 0.1) is 18.8 Å². The Hall–Kier alpha value is -0.160. The molecule has 4 nitrogen and oxygen atoms in total. The fourth-order valence-corrected chi connectivity index (χ4v) is 2.31. The maximum Gasteiger partial charge on any atom is 0.0897 e. The first-order valence-electron chi connectivity index (χ1n) is 7.21. The molecular formula is C14H29NO3. The number of ether oxygens (including phenoxy) is 2. The minimum absolute atomic E-state index is 0.365. The van der Waals surface area contributed by atoms with Crippen LogP contribution in [-0.4, -0.2) is 50.7 Å². The van der Waals surface area contributed by atoms with Gasteiger partial charge in [-0.15, -0.1) is 0 Å². The van der Waals surface area contributed by atoms with Gasteiger partial charge in [0, 0.05) is 20.3 Å². The number of nitrogens with one attached hydrogen (secondary N) is 1. The molecule has 1 saturated carbocycles. The van der Waals surface area contributed by atoms with E-state index in [9.17, 15) is 5.11 Å². The highest BCUT2D eigenvalue weighted by molar-refractivity contribution is 4.71. The molecule has 1 aliphatic rings. The Morgan fingerprint density at radius 1 is 1.28 bits per heavy atom. The normalized spacial score (nSPS) is 26.2. The van der Waals surface area contributed by atoms with Crippen molar-refractivity contribution in [3.63, 3.8) is 0 Å². The zero-order valence-electron chi connectivity index (χ0n) is 11.9. The summed E-state index contributed by atoms with van der Waals surface area (Å²) in [7, 11) is 1.70. The molecule has 1 atom stereocenters. The van der Waals surface area contributed by atoms with E-state index >= 15 is 0 Å². The van der Waals surface area contributed by atoms with E-state index in [2.05, 4.69) is 12.2 Å². The molecular weight excluding hydrogens is 230 g/mol. The second-order valence-electron chi connectivity index (χ2n) is 5.42. The molecule has 0 amide bonds. The lowest BCUT2D eigenvalue weighted by atomic mass is 9.89. The molecule has 18 heavy (non-hydrogen) atoms. The van der Waals surface area contributed by atoms with Crippen molar-refractivity contribution in [3.8, 4) is 0 Å². The van der Waals surface area contributed by atoms with Gasteiger partial charge in [0.2, 0.25) is 0 Å². The first kappa shape index (κ1) is 15.9. The third kappa shape index (κ3) is 7.31. The minimum atomic E-state index is -0.396. The highest BCUT2D eigenvalue weighted by Gasteiger charge is 2.19. The van der Waals surface area contributed by atoms with Gasteiger partial charge in [0.25, 0.3) is 0 Å². The number of aliphatic hydroxyl groups is 1. The summed E-state index contributed by atoms with van der Waals surface area (Å²) in [6, 6.07) is 0. The molecule has 0 aromatic heterocycles. The van der Waals surface area contributed by atoms with Crippen molar-refractivity contribution in [2.75, 3.05) is 33.4 Å². The van der Waals surface area contributed by atoms with Crippen molar-refractivity contribution < 1.29 is 14.6 Å². The van der Waals surface area contributed by atoms with Gasteiger partial charge >= 0.3 is 0 Å². The van der Waals surface area contributed by atoms with Crippen LogP contribution in [0.4, 0.5) is 0 Å². The Morgan fingerprint density at radius 2 is 2.00 bits per heavy atom. The van der Waals surface area contributed by atoms with Crippen LogP contribution in [0.5, 0.6) is 0 Å². The molecule has 0 radical (unpaired) electrons. The average molecular weight is 259 g/mol. The van der Waals surface area contributed by atoms with Crippen LogP contribution >= 0.6 is 0 Å². The second kappa shape index (κ2) is 9.73. The lowest BCUT2D eigenvalue weighted by molar-refractivity contribution is -0.0278. The van der Waals surface area contributed by atoms with E-state index in [1.165, 1.54) is 12.8 Å². The van der Waals surface area contributed by atoms with E-state index in [1.54, 1.807) is 7.11 Å². The first-order valence-corrected chi connectivity index (χ1v) is 7.21. The SMILES string of the molecule is COCCCNCC(O)COC1CCC(C)CC1. The second-order valence-corrected chi connectivity index (χ2v) is 5.42. The van der Waals surface area contributed by atoms with Crippen LogP contribution < -0.4 is 5.32 Å². The van der Waals surface area contributed by atoms with E-state index < -0.39 is 6.10 Å². The van der Waals surface area contributed by atoms with Crippen LogP contribution in [0, 0.1) is 5.92 Å². The van der Waals surface area contributed by atoms with Gasteiger partial charge in [-0.25, -0.2) is 0 Å². The van der Waals surface area contributed by atoms with Crippen molar-refractivity contribution in [3.05, 3.63) is 0 Å². The molecule has 0 spiro atoms. The molecule has 1 aliphatic carbocycles. The highest BCUT2D eigenvalue weighted by Crippen LogP contribution is 2.25. The Morgan fingerprint density at radius 3 is 2.67 bits per heavy atom. The summed E-state index contributed by atoms with van der Waals surface area (Å²) in [5.74, 6) is 0.845. The molecule has 1 fully saturated rings. The van der Waals surface area contributed by atoms with E-state index in [0.29, 0.717) is 19.3 Å². The summed E-state index contributed by atoms with van der Waals surface area (Å²) in [4.78, 5) is 0. The van der Waals surface area contributed by atoms with Crippen LogP contribution in [-0.2, 0) is 9.47 Å². The summed E-state index contributed by atoms with van der Waals surface area (Å²) in [5.41, 5.74) is 0. The molecule has 108 valence electrons. The highest BCUT2D eigenvalue weighted by atomic mass is 16.5. The third-order valence-corrected chi connectivity index (χ3v) is 3.57. The van der Waals surface area contributed by atoms with E-state index in [1.807, 2.05) is 0 Å². The molecule has 1 rings (SSSR count). The summed E-state index contributed by atoms with van der Waals surface area (Å²) in [5, 5.41) is 13.0. The van der Waals surface area contributed by atoms with Gasteiger partial charge in [0.15, 0.2) is 0 Å². The summed E-state index contributed by atoms with van der Waals surface area (Å²) in [6.45, 7) is 5.00. The molecule has 0 bridgehead atoms. The Bertz CT molecular complexity index is 193. The molecule has 4 heteroatoms. The predicted octanol–water partition coefficient (Wildman–Crippen LogP) is 1.57. The lowest BCUT2D eigenvalue weighted by Gasteiger charge is -2.27. The maximum absolute atomic E-state index is 9.77. The van der Waals surface area contributed by atoms with E-state index in [4.69, 9.17) is 9.47 Å². The number of aliphatic hydroxyl groups excluding tert-OH is 1. The van der Waals surface area contributed by atoms with Crippen molar-refractivity contribution in [2.24, 2.45) is 5.92 Å². The Balaban J connectivity index is 1.94. The van der Waals surface area contributed by atoms with Gasteiger partial charge in [-0.05, 0) is 44.6 Å². The van der Waals surface area contributed by atoms with Crippen molar-refractivity contribution in [1.82, 2.24) is 5.32 Å². The molecule has 0 heterocycles. The predicted molar refractivity (Wildman–Crippen MR) is 72.7 cm³/mol. The van der Waals surface area contributed by atoms with Gasteiger partial charge in [-0.1, -0.05) is 6.92 Å². The van der Waals surface area contributed by atoms with Gasteiger partial charge in [-0.2, -0.15) is 0 Å². The molecule has 0 aromatic rings. The van der Waals surface area contributed by atoms with Gasteiger partial charge in [-0.3, -0.25) is 0 Å². The summed E-state index contributed by atoms with van der Waals surface area (Å²) < 4.78 is 10.7. The van der Waals surface area contributed by atoms with Gasteiger partial charge in [0.1, 0.15) is 0 Å². The Kier molecular flexibility index (Phi) is 8.59. The summed E-state index contributed by atoms with van der Waals surface area (Å²) in [6.07, 6.45) is 5.76. The monoisotopic (exact) mass is 259 g/mol. The van der Waals surface area contributed by atoms with Crippen LogP contribution in [0.25, 0.3) is 0 Å². The van der Waals surface area contributed by atoms with E-state index in [-0.39, 0.29) is 0 Å². The van der Waals surface area contributed by atoms with Gasteiger partial charge < -0.3 is 19.9 Å². The zero-order valence-corrected chi connectivity index (χ0v) is 11.9. The number of hydrogen-bond acceptors (Lipinski definition) is 4. The smallest absolute Gasteiger partial charge is 0.0897 e. The quantitative estimate of drug-likeness (QED) is 0.617. The van der Waals surface area contributed by atoms with Crippen LogP contribution in [0.15, 0.2) is 0 Å². The summed E-state index contributed by atoms with van der Waals surface area (Å²) >= 11 is 0. The molecule has 0 aliphatic heterocycles. The molecule has 0 aromatic carbocycles. The first-order chi connectivity index (χ1) is 8.72. The molecule has 1 unspecified atom stereocenters. The fraction of sp³-hybridized carbons (Fsp3) is 1.00. The van der Waals surface area contributed by atoms with Crippen LogP contribution in [0.1, 0.15) is 39.0 Å². The third-order valence-electron chi connectivity index (χ3n) is 3.57. The maximum atomic E-state index is 9.77. The standard InChI is InChI=1S/C14H29NO3/c1-12-4-6-14(7-5-12)18-11-13(16)10-15-8-3-9-17-2/h12-16H,3-11H2,1-2H3. The van der Waals surface area contributed by atoms with Crippen molar-refractivity contribution in [1.29, 1.82) is 0 Å². The van der Waals surface area contributed by atoms with Crippen LogP contribution in [0.2, 0.25) is 0 Å². The van der Waals surface area contributed by atoms with E-state index in [0.717, 1.165) is 38.3 Å². The average Bonchev–Trinajstić information content (AvgIpc) is 2.38. The zero-order chi connectivity index (χ0) is 13.2. The minimum Gasteiger partial charge on any atom is -0.389 e. The van der Waals surface area contributed by atoms with Crippen LogP contribution in [0.3, 0.4) is 0 Å². The number of rotatable bonds is 9. The topological polar surface area (TPSA) is 50.7 Å². The largest absolute Gasteiger partial charge is 0.389 e.